The van der Waals surface area contributed by atoms with Crippen LogP contribution in [0.25, 0.3) is 15.9 Å². The first kappa shape index (κ1) is 25.5. The van der Waals surface area contributed by atoms with Crippen molar-refractivity contribution in [1.29, 1.82) is 0 Å². The summed E-state index contributed by atoms with van der Waals surface area (Å²) < 4.78 is 31.1. The molecule has 190 valence electrons. The average molecular weight is 497 g/mol. The van der Waals surface area contributed by atoms with Crippen LogP contribution in [0.1, 0.15) is 45.2 Å². The van der Waals surface area contributed by atoms with Crippen LogP contribution in [0.4, 0.5) is 20.4 Å². The Balaban J connectivity index is 1.67. The van der Waals surface area contributed by atoms with Crippen molar-refractivity contribution in [3.8, 4) is 5.75 Å². The van der Waals surface area contributed by atoms with E-state index in [1.165, 1.54) is 4.57 Å². The summed E-state index contributed by atoms with van der Waals surface area (Å²) in [6.07, 6.45) is 1.72. The van der Waals surface area contributed by atoms with E-state index in [-0.39, 0.29) is 35.4 Å². The van der Waals surface area contributed by atoms with Crippen LogP contribution in [0.3, 0.4) is 0 Å². The predicted molar refractivity (Wildman–Crippen MR) is 135 cm³/mol. The van der Waals surface area contributed by atoms with Crippen molar-refractivity contribution in [1.82, 2.24) is 19.4 Å². The van der Waals surface area contributed by atoms with E-state index in [1.807, 2.05) is 12.1 Å². The standard InChI is InChI=1S/C26H30F2N6O2/c1-6-18-15-33(24-23-21(32(5)26(35)31-24)12-13-22(29-4)30-23)16(3)14-34(18)20(7-2)17-8-10-19(11-9-17)36-25(27)28/h8-13,16,18,20,25H,6-7,14-15H2,1-3,5H3/t16-,18+,20?/m0/s1. The van der Waals surface area contributed by atoms with E-state index in [4.69, 9.17) is 6.57 Å². The van der Waals surface area contributed by atoms with Crippen molar-refractivity contribution in [3.05, 3.63) is 63.9 Å². The molecule has 3 heterocycles. The first-order chi connectivity index (χ1) is 17.3. The largest absolute Gasteiger partial charge is 0.435 e. The number of hydrogen-bond donors (Lipinski definition) is 0. The first-order valence-electron chi connectivity index (χ1n) is 12.1. The van der Waals surface area contributed by atoms with E-state index in [0.29, 0.717) is 29.9 Å². The van der Waals surface area contributed by atoms with E-state index in [1.54, 1.807) is 31.3 Å². The molecule has 0 saturated carbocycles. The average Bonchev–Trinajstić information content (AvgIpc) is 2.87. The number of aromatic nitrogens is 3. The molecule has 0 N–H and O–H groups in total. The van der Waals surface area contributed by atoms with Crippen molar-refractivity contribution in [2.45, 2.75) is 58.3 Å². The number of ether oxygens (including phenoxy) is 1. The van der Waals surface area contributed by atoms with Gasteiger partial charge in [-0.25, -0.2) is 4.79 Å². The number of benzene rings is 1. The highest BCUT2D eigenvalue weighted by molar-refractivity contribution is 5.87. The third-order valence-corrected chi connectivity index (χ3v) is 6.94. The molecule has 0 bridgehead atoms. The summed E-state index contributed by atoms with van der Waals surface area (Å²) >= 11 is 0. The molecule has 1 unspecified atom stereocenters. The molecule has 4 rings (SSSR count). The molecular weight excluding hydrogens is 466 g/mol. The molecule has 8 nitrogen and oxygen atoms in total. The van der Waals surface area contributed by atoms with Gasteiger partial charge in [0.25, 0.3) is 5.82 Å². The number of alkyl halides is 2. The summed E-state index contributed by atoms with van der Waals surface area (Å²) in [5.41, 5.74) is 1.86. The predicted octanol–water partition coefficient (Wildman–Crippen LogP) is 4.92. The SMILES string of the molecule is [C-]#[N+]c1ccc2c(n1)c(N1C[C@@H](CC)N(C(CC)c3ccc(OC(F)F)cc3)C[C@@H]1C)nc(=O)n2C. The Morgan fingerprint density at radius 1 is 1.14 bits per heavy atom. The van der Waals surface area contributed by atoms with Gasteiger partial charge in [0.2, 0.25) is 5.52 Å². The van der Waals surface area contributed by atoms with Crippen LogP contribution in [0.5, 0.6) is 5.75 Å². The van der Waals surface area contributed by atoms with Crippen molar-refractivity contribution >= 4 is 22.7 Å². The van der Waals surface area contributed by atoms with Gasteiger partial charge in [-0.05, 0) is 49.6 Å². The van der Waals surface area contributed by atoms with Crippen molar-refractivity contribution in [3.63, 3.8) is 0 Å². The molecular formula is C26H30F2N6O2. The maximum absolute atomic E-state index is 12.7. The highest BCUT2D eigenvalue weighted by Crippen LogP contribution is 2.35. The Kier molecular flexibility index (Phi) is 7.50. The van der Waals surface area contributed by atoms with Crippen molar-refractivity contribution in [2.75, 3.05) is 18.0 Å². The second kappa shape index (κ2) is 10.6. The van der Waals surface area contributed by atoms with Crippen molar-refractivity contribution in [2.24, 2.45) is 7.05 Å². The molecule has 0 amide bonds. The number of aryl methyl sites for hydroxylation is 1. The van der Waals surface area contributed by atoms with Crippen LogP contribution in [-0.4, -0.2) is 51.2 Å². The van der Waals surface area contributed by atoms with Gasteiger partial charge >= 0.3 is 12.3 Å². The number of nitrogens with zero attached hydrogens (tertiary/aromatic N) is 6. The lowest BCUT2D eigenvalue weighted by atomic mass is 9.96. The zero-order valence-corrected chi connectivity index (χ0v) is 20.9. The smallest absolute Gasteiger partial charge is 0.387 e. The summed E-state index contributed by atoms with van der Waals surface area (Å²) in [5.74, 6) is 0.905. The highest BCUT2D eigenvalue weighted by Gasteiger charge is 2.37. The van der Waals surface area contributed by atoms with Gasteiger partial charge in [0.15, 0.2) is 5.82 Å². The van der Waals surface area contributed by atoms with Gasteiger partial charge in [-0.1, -0.05) is 32.6 Å². The quantitative estimate of drug-likeness (QED) is 0.433. The lowest BCUT2D eigenvalue weighted by Crippen LogP contribution is -2.58. The van der Waals surface area contributed by atoms with Gasteiger partial charge in [-0.15, -0.1) is 4.98 Å². The molecule has 10 heteroatoms. The molecule has 0 aliphatic carbocycles. The Morgan fingerprint density at radius 2 is 1.86 bits per heavy atom. The van der Waals surface area contributed by atoms with Crippen LogP contribution < -0.4 is 15.3 Å². The summed E-state index contributed by atoms with van der Waals surface area (Å²) in [6.45, 7) is 12.2. The van der Waals surface area contributed by atoms with E-state index < -0.39 is 6.61 Å². The molecule has 36 heavy (non-hydrogen) atoms. The van der Waals surface area contributed by atoms with E-state index >= 15 is 0 Å². The van der Waals surface area contributed by atoms with Crippen LogP contribution >= 0.6 is 0 Å². The van der Waals surface area contributed by atoms with Gasteiger partial charge < -0.3 is 14.5 Å². The topological polar surface area (TPSA) is 67.9 Å². The second-order valence-corrected chi connectivity index (χ2v) is 9.06. The van der Waals surface area contributed by atoms with Gasteiger partial charge in [0.1, 0.15) is 5.75 Å². The Hall–Kier alpha value is -3.58. The fourth-order valence-electron chi connectivity index (χ4n) is 5.10. The molecule has 2 aromatic heterocycles. The molecule has 1 aromatic carbocycles. The number of anilines is 1. The summed E-state index contributed by atoms with van der Waals surface area (Å²) in [6, 6.07) is 10.5. The number of fused-ring (bicyclic) bond motifs is 1. The van der Waals surface area contributed by atoms with Crippen LogP contribution in [0.15, 0.2) is 41.2 Å². The fraction of sp³-hybridized carbons (Fsp3) is 0.462. The van der Waals surface area contributed by atoms with Gasteiger partial charge in [0.05, 0.1) is 5.52 Å². The summed E-state index contributed by atoms with van der Waals surface area (Å²) in [5, 5.41) is 0. The fourth-order valence-corrected chi connectivity index (χ4v) is 5.10. The van der Waals surface area contributed by atoms with Gasteiger partial charge in [-0.3, -0.25) is 9.47 Å². The molecule has 3 atom stereocenters. The summed E-state index contributed by atoms with van der Waals surface area (Å²) in [7, 11) is 1.65. The number of piperazine rings is 1. The monoisotopic (exact) mass is 496 g/mol. The Labute approximate surface area is 209 Å². The zero-order chi connectivity index (χ0) is 26.0. The Bertz CT molecular complexity index is 1320. The molecule has 1 aliphatic rings. The molecule has 1 saturated heterocycles. The molecule has 0 spiro atoms. The summed E-state index contributed by atoms with van der Waals surface area (Å²) in [4.78, 5) is 29.6. The van der Waals surface area contributed by atoms with E-state index in [0.717, 1.165) is 18.4 Å². The Morgan fingerprint density at radius 3 is 2.47 bits per heavy atom. The van der Waals surface area contributed by atoms with E-state index in [9.17, 15) is 13.6 Å². The number of hydrogen-bond acceptors (Lipinski definition) is 6. The molecule has 1 fully saturated rings. The zero-order valence-electron chi connectivity index (χ0n) is 20.9. The number of pyridine rings is 1. The normalized spacial score (nSPS) is 19.4. The number of rotatable bonds is 7. The third kappa shape index (κ3) is 4.88. The third-order valence-electron chi connectivity index (χ3n) is 6.94. The highest BCUT2D eigenvalue weighted by atomic mass is 19.3. The molecule has 3 aromatic rings. The van der Waals surface area contributed by atoms with Crippen LogP contribution in [-0.2, 0) is 7.05 Å². The maximum Gasteiger partial charge on any atom is 0.387 e. The minimum atomic E-state index is -2.85. The molecule has 0 radical (unpaired) electrons. The van der Waals surface area contributed by atoms with Crippen LogP contribution in [0, 0.1) is 6.57 Å². The second-order valence-electron chi connectivity index (χ2n) is 9.06. The maximum atomic E-state index is 12.7. The number of halogens is 2. The minimum Gasteiger partial charge on any atom is -0.435 e. The van der Waals surface area contributed by atoms with Crippen LogP contribution in [0.2, 0.25) is 0 Å². The lowest BCUT2D eigenvalue weighted by Gasteiger charge is -2.48. The first-order valence-corrected chi connectivity index (χ1v) is 12.1. The van der Waals surface area contributed by atoms with E-state index in [2.05, 4.69) is 50.1 Å². The van der Waals surface area contributed by atoms with Crippen molar-refractivity contribution < 1.29 is 13.5 Å². The minimum absolute atomic E-state index is 0.0180. The van der Waals surface area contributed by atoms with Gasteiger partial charge in [0, 0.05) is 38.3 Å². The lowest BCUT2D eigenvalue weighted by molar-refractivity contribution is -0.0498. The molecule has 1 aliphatic heterocycles. The van der Waals surface area contributed by atoms with Gasteiger partial charge in [-0.2, -0.15) is 13.8 Å².